The van der Waals surface area contributed by atoms with Crippen molar-refractivity contribution in [2.45, 2.75) is 13.5 Å². The first kappa shape index (κ1) is 11.1. The highest BCUT2D eigenvalue weighted by atomic mass is 79.9. The summed E-state index contributed by atoms with van der Waals surface area (Å²) in [5.74, 6) is 0.0596. The van der Waals surface area contributed by atoms with Gasteiger partial charge in [0.25, 0.3) is 0 Å². The Hall–Kier alpha value is -1.42. The molecule has 1 aromatic carbocycles. The number of hydrogen-bond acceptors (Lipinski definition) is 2. The summed E-state index contributed by atoms with van der Waals surface area (Å²) in [6.07, 6.45) is 3.60. The predicted molar refractivity (Wildman–Crippen MR) is 65.4 cm³/mol. The van der Waals surface area contributed by atoms with Crippen molar-refractivity contribution in [3.8, 4) is 0 Å². The van der Waals surface area contributed by atoms with Crippen LogP contribution in [-0.2, 0) is 6.54 Å². The summed E-state index contributed by atoms with van der Waals surface area (Å²) in [4.78, 5) is 11.9. The molecule has 0 aliphatic heterocycles. The number of Topliss-reactive ketones (excluding diaryl/α,β-unsaturated/α-hetero) is 1. The average molecular weight is 279 g/mol. The number of nitrogens with zero attached hydrogens (tertiary/aromatic N) is 2. The molecule has 0 saturated heterocycles. The van der Waals surface area contributed by atoms with Crippen molar-refractivity contribution >= 4 is 21.7 Å². The number of aryl methyl sites for hydroxylation is 1. The van der Waals surface area contributed by atoms with Crippen molar-refractivity contribution in [2.75, 3.05) is 0 Å². The van der Waals surface area contributed by atoms with Crippen LogP contribution in [0.1, 0.15) is 15.9 Å². The Kier molecular flexibility index (Phi) is 3.19. The molecule has 0 fully saturated rings. The molecule has 1 aromatic heterocycles. The molecule has 4 heteroatoms. The number of carbonyl (C=O) groups is 1. The van der Waals surface area contributed by atoms with Crippen LogP contribution in [0.3, 0.4) is 0 Å². The summed E-state index contributed by atoms with van der Waals surface area (Å²) in [5, 5.41) is 4.09. The summed E-state index contributed by atoms with van der Waals surface area (Å²) in [6, 6.07) is 7.38. The van der Waals surface area contributed by atoms with Crippen LogP contribution in [0.15, 0.2) is 41.1 Å². The number of aromatic nitrogens is 2. The normalized spacial score (nSPS) is 10.4. The summed E-state index contributed by atoms with van der Waals surface area (Å²) >= 11 is 3.35. The molecule has 82 valence electrons. The lowest BCUT2D eigenvalue weighted by Crippen LogP contribution is -2.10. The van der Waals surface area contributed by atoms with Gasteiger partial charge in [0.05, 0.1) is 6.20 Å². The lowest BCUT2D eigenvalue weighted by Gasteiger charge is -2.01. The van der Waals surface area contributed by atoms with Crippen LogP contribution in [0, 0.1) is 6.92 Å². The summed E-state index contributed by atoms with van der Waals surface area (Å²) in [6.45, 7) is 2.23. The smallest absolute Gasteiger partial charge is 0.184 e. The minimum Gasteiger partial charge on any atom is -0.292 e. The van der Waals surface area contributed by atoms with E-state index in [1.165, 1.54) is 0 Å². The van der Waals surface area contributed by atoms with Gasteiger partial charge in [-0.15, -0.1) is 0 Å². The lowest BCUT2D eigenvalue weighted by molar-refractivity contribution is 0.0967. The molecule has 0 unspecified atom stereocenters. The Balaban J connectivity index is 2.14. The zero-order chi connectivity index (χ0) is 11.5. The molecule has 0 aliphatic carbocycles. The largest absolute Gasteiger partial charge is 0.292 e. The molecule has 0 bridgehead atoms. The summed E-state index contributed by atoms with van der Waals surface area (Å²) < 4.78 is 2.56. The Morgan fingerprint density at radius 3 is 2.94 bits per heavy atom. The van der Waals surface area contributed by atoms with Crippen molar-refractivity contribution in [1.82, 2.24) is 9.78 Å². The summed E-state index contributed by atoms with van der Waals surface area (Å²) in [7, 11) is 0. The monoisotopic (exact) mass is 278 g/mol. The van der Waals surface area contributed by atoms with E-state index < -0.39 is 0 Å². The van der Waals surface area contributed by atoms with Crippen LogP contribution in [-0.4, -0.2) is 15.6 Å². The number of halogens is 1. The molecule has 1 heterocycles. The van der Waals surface area contributed by atoms with E-state index in [1.807, 2.05) is 37.4 Å². The zero-order valence-electron chi connectivity index (χ0n) is 8.85. The zero-order valence-corrected chi connectivity index (χ0v) is 10.4. The molecule has 0 N–H and O–H groups in total. The average Bonchev–Trinajstić information content (AvgIpc) is 2.64. The van der Waals surface area contributed by atoms with Crippen molar-refractivity contribution in [3.63, 3.8) is 0 Å². The summed E-state index contributed by atoms with van der Waals surface area (Å²) in [5.41, 5.74) is 1.75. The molecule has 0 atom stereocenters. The van der Waals surface area contributed by atoms with Crippen LogP contribution in [0.5, 0.6) is 0 Å². The van der Waals surface area contributed by atoms with Gasteiger partial charge in [-0.05, 0) is 24.6 Å². The van der Waals surface area contributed by atoms with Gasteiger partial charge in [-0.25, -0.2) is 0 Å². The van der Waals surface area contributed by atoms with Crippen molar-refractivity contribution in [3.05, 3.63) is 52.3 Å². The van der Waals surface area contributed by atoms with E-state index in [1.54, 1.807) is 10.9 Å². The van der Waals surface area contributed by atoms with E-state index in [0.717, 1.165) is 10.0 Å². The van der Waals surface area contributed by atoms with E-state index in [0.29, 0.717) is 5.56 Å². The predicted octanol–water partition coefficient (Wildman–Crippen LogP) is 2.84. The number of rotatable bonds is 3. The van der Waals surface area contributed by atoms with Gasteiger partial charge in [-0.1, -0.05) is 28.1 Å². The Labute approximate surface area is 102 Å². The number of ketones is 1. The highest BCUT2D eigenvalue weighted by Gasteiger charge is 2.07. The van der Waals surface area contributed by atoms with Crippen molar-refractivity contribution in [2.24, 2.45) is 0 Å². The van der Waals surface area contributed by atoms with E-state index >= 15 is 0 Å². The second kappa shape index (κ2) is 4.61. The standard InChI is InChI=1S/C12H11BrN2O/c1-9-6-14-15(7-9)8-12(16)10-3-2-4-11(13)5-10/h2-7H,8H2,1H3. The minimum atomic E-state index is 0.0596. The van der Waals surface area contributed by atoms with Gasteiger partial charge in [0.15, 0.2) is 5.78 Å². The third kappa shape index (κ3) is 2.58. The van der Waals surface area contributed by atoms with E-state index in [4.69, 9.17) is 0 Å². The van der Waals surface area contributed by atoms with E-state index in [2.05, 4.69) is 21.0 Å². The third-order valence-electron chi connectivity index (χ3n) is 2.21. The number of hydrogen-bond donors (Lipinski definition) is 0. The van der Waals surface area contributed by atoms with Gasteiger partial charge in [0.1, 0.15) is 6.54 Å². The van der Waals surface area contributed by atoms with Crippen molar-refractivity contribution < 1.29 is 4.79 Å². The first-order chi connectivity index (χ1) is 7.65. The highest BCUT2D eigenvalue weighted by Crippen LogP contribution is 2.12. The van der Waals surface area contributed by atoms with Gasteiger partial charge in [-0.2, -0.15) is 5.10 Å². The van der Waals surface area contributed by atoms with Crippen LogP contribution in [0.25, 0.3) is 0 Å². The van der Waals surface area contributed by atoms with Gasteiger partial charge < -0.3 is 0 Å². The van der Waals surface area contributed by atoms with Crippen molar-refractivity contribution in [1.29, 1.82) is 0 Å². The third-order valence-corrected chi connectivity index (χ3v) is 2.71. The first-order valence-corrected chi connectivity index (χ1v) is 5.72. The second-order valence-electron chi connectivity index (χ2n) is 3.65. The van der Waals surface area contributed by atoms with Crippen LogP contribution in [0.2, 0.25) is 0 Å². The molecular weight excluding hydrogens is 268 g/mol. The van der Waals surface area contributed by atoms with Crippen LogP contribution >= 0.6 is 15.9 Å². The Morgan fingerprint density at radius 1 is 1.50 bits per heavy atom. The Morgan fingerprint density at radius 2 is 2.31 bits per heavy atom. The fourth-order valence-electron chi connectivity index (χ4n) is 1.45. The molecule has 0 amide bonds. The quantitative estimate of drug-likeness (QED) is 0.810. The second-order valence-corrected chi connectivity index (χ2v) is 4.56. The van der Waals surface area contributed by atoms with Gasteiger partial charge in [0.2, 0.25) is 0 Å². The molecule has 3 nitrogen and oxygen atoms in total. The molecule has 2 aromatic rings. The topological polar surface area (TPSA) is 34.9 Å². The molecule has 0 aliphatic rings. The number of carbonyl (C=O) groups excluding carboxylic acids is 1. The van der Waals surface area contributed by atoms with Gasteiger partial charge in [0, 0.05) is 16.2 Å². The Bertz CT molecular complexity index is 519. The number of benzene rings is 1. The maximum atomic E-state index is 11.9. The molecular formula is C12H11BrN2O. The van der Waals surface area contributed by atoms with Crippen LogP contribution in [0.4, 0.5) is 0 Å². The molecule has 16 heavy (non-hydrogen) atoms. The molecule has 0 saturated carbocycles. The van der Waals surface area contributed by atoms with Crippen LogP contribution < -0.4 is 0 Å². The molecule has 2 rings (SSSR count). The van der Waals surface area contributed by atoms with E-state index in [9.17, 15) is 4.79 Å². The maximum Gasteiger partial charge on any atom is 0.184 e. The van der Waals surface area contributed by atoms with Gasteiger partial charge >= 0.3 is 0 Å². The maximum absolute atomic E-state index is 11.9. The first-order valence-electron chi connectivity index (χ1n) is 4.93. The fourth-order valence-corrected chi connectivity index (χ4v) is 1.85. The minimum absolute atomic E-state index is 0.0596. The van der Waals surface area contributed by atoms with E-state index in [-0.39, 0.29) is 12.3 Å². The fraction of sp³-hybridized carbons (Fsp3) is 0.167. The van der Waals surface area contributed by atoms with Gasteiger partial charge in [-0.3, -0.25) is 9.48 Å². The molecule has 0 spiro atoms. The molecule has 0 radical (unpaired) electrons. The SMILES string of the molecule is Cc1cnn(CC(=O)c2cccc(Br)c2)c1. The highest BCUT2D eigenvalue weighted by molar-refractivity contribution is 9.10. The lowest BCUT2D eigenvalue weighted by atomic mass is 10.1.